The van der Waals surface area contributed by atoms with E-state index in [9.17, 15) is 18.0 Å². The van der Waals surface area contributed by atoms with Gasteiger partial charge in [-0.2, -0.15) is 13.2 Å². The molecule has 11 heteroatoms. The van der Waals surface area contributed by atoms with Gasteiger partial charge < -0.3 is 14.3 Å². The van der Waals surface area contributed by atoms with E-state index in [1.807, 2.05) is 0 Å². The molecule has 0 spiro atoms. The first-order valence-corrected chi connectivity index (χ1v) is 9.79. The predicted octanol–water partition coefficient (Wildman–Crippen LogP) is 5.35. The summed E-state index contributed by atoms with van der Waals surface area (Å²) in [6.45, 7) is 0.280. The van der Waals surface area contributed by atoms with Crippen molar-refractivity contribution < 1.29 is 18.0 Å². The van der Waals surface area contributed by atoms with E-state index < -0.39 is 17.8 Å². The zero-order valence-corrected chi connectivity index (χ0v) is 17.2. The molecule has 3 aromatic heterocycles. The molecular formula is C20H14Cl2F3N5O. The number of benzene rings is 1. The highest BCUT2D eigenvalue weighted by Gasteiger charge is 2.38. The summed E-state index contributed by atoms with van der Waals surface area (Å²) in [5, 5.41) is 2.82. The van der Waals surface area contributed by atoms with Gasteiger partial charge in [0.2, 0.25) is 0 Å². The number of nitrogens with one attached hydrogen (secondary N) is 1. The molecule has 0 aliphatic heterocycles. The van der Waals surface area contributed by atoms with E-state index in [-0.39, 0.29) is 45.6 Å². The molecule has 0 aliphatic carbocycles. The number of carbonyl (C=O) groups is 1. The van der Waals surface area contributed by atoms with Crippen molar-refractivity contribution >= 4 is 40.4 Å². The van der Waals surface area contributed by atoms with Crippen LogP contribution in [-0.2, 0) is 19.1 Å². The van der Waals surface area contributed by atoms with Crippen molar-refractivity contribution in [1.29, 1.82) is 0 Å². The summed E-state index contributed by atoms with van der Waals surface area (Å²) in [5.74, 6) is -0.653. The molecule has 160 valence electrons. The Labute approximate surface area is 184 Å². The molecule has 0 saturated carbocycles. The summed E-state index contributed by atoms with van der Waals surface area (Å²) in [7, 11) is 0. The van der Waals surface area contributed by atoms with E-state index in [0.717, 1.165) is 0 Å². The smallest absolute Gasteiger partial charge is 0.337 e. The molecule has 0 bridgehead atoms. The van der Waals surface area contributed by atoms with Crippen LogP contribution in [0.1, 0.15) is 21.7 Å². The lowest BCUT2D eigenvalue weighted by Gasteiger charge is -2.10. The molecule has 4 rings (SSSR count). The van der Waals surface area contributed by atoms with Crippen molar-refractivity contribution in [1.82, 2.24) is 18.9 Å². The Morgan fingerprint density at radius 1 is 1.10 bits per heavy atom. The minimum atomic E-state index is -4.66. The third-order valence-electron chi connectivity index (χ3n) is 4.62. The summed E-state index contributed by atoms with van der Waals surface area (Å²) in [4.78, 5) is 20.4. The van der Waals surface area contributed by atoms with Crippen molar-refractivity contribution in [2.24, 2.45) is 0 Å². The number of alkyl halides is 3. The fourth-order valence-electron chi connectivity index (χ4n) is 3.23. The normalized spacial score (nSPS) is 11.8. The van der Waals surface area contributed by atoms with Crippen LogP contribution < -0.4 is 5.32 Å². The highest BCUT2D eigenvalue weighted by atomic mass is 35.5. The van der Waals surface area contributed by atoms with Gasteiger partial charge in [-0.3, -0.25) is 4.79 Å². The molecule has 0 atom stereocenters. The number of imidazole rings is 2. The average molecular weight is 468 g/mol. The number of aryl methyl sites for hydroxylation is 2. The maximum atomic E-state index is 13.7. The van der Waals surface area contributed by atoms with Crippen LogP contribution in [0.15, 0.2) is 55.2 Å². The number of amides is 1. The van der Waals surface area contributed by atoms with Crippen molar-refractivity contribution in [2.75, 3.05) is 5.32 Å². The monoisotopic (exact) mass is 467 g/mol. The van der Waals surface area contributed by atoms with E-state index in [4.69, 9.17) is 23.2 Å². The average Bonchev–Trinajstić information content (AvgIpc) is 3.34. The maximum Gasteiger partial charge on any atom is 0.435 e. The molecule has 1 amide bonds. The van der Waals surface area contributed by atoms with E-state index in [1.165, 1.54) is 41.2 Å². The lowest BCUT2D eigenvalue weighted by molar-refractivity contribution is -0.141. The van der Waals surface area contributed by atoms with Gasteiger partial charge in [0.1, 0.15) is 0 Å². The Bertz CT molecular complexity index is 1230. The van der Waals surface area contributed by atoms with E-state index in [1.54, 1.807) is 23.0 Å². The first-order chi connectivity index (χ1) is 14.8. The Morgan fingerprint density at radius 2 is 1.84 bits per heavy atom. The number of carbonyl (C=O) groups excluding carboxylic acids is 1. The van der Waals surface area contributed by atoms with Gasteiger partial charge in [-0.25, -0.2) is 9.97 Å². The van der Waals surface area contributed by atoms with Gasteiger partial charge in [-0.15, -0.1) is 0 Å². The fraction of sp³-hybridized carbons (Fsp3) is 0.150. The minimum absolute atomic E-state index is 0.0239. The van der Waals surface area contributed by atoms with Gasteiger partial charge in [0.25, 0.3) is 5.91 Å². The molecule has 4 aromatic rings. The van der Waals surface area contributed by atoms with Gasteiger partial charge in [-0.05, 0) is 24.3 Å². The topological polar surface area (TPSA) is 64.2 Å². The molecule has 0 unspecified atom stereocenters. The number of aromatic nitrogens is 4. The Kier molecular flexibility index (Phi) is 5.63. The molecule has 3 heterocycles. The second-order valence-corrected chi connectivity index (χ2v) is 7.44. The number of fused-ring (bicyclic) bond motifs is 1. The second-order valence-electron chi connectivity index (χ2n) is 6.62. The van der Waals surface area contributed by atoms with Gasteiger partial charge in [0, 0.05) is 31.6 Å². The molecule has 0 aliphatic rings. The summed E-state index contributed by atoms with van der Waals surface area (Å²) >= 11 is 12.1. The maximum absolute atomic E-state index is 13.7. The van der Waals surface area contributed by atoms with Gasteiger partial charge in [-0.1, -0.05) is 29.3 Å². The minimum Gasteiger partial charge on any atom is -0.337 e. The first kappa shape index (κ1) is 21.2. The quantitative estimate of drug-likeness (QED) is 0.430. The van der Waals surface area contributed by atoms with E-state index >= 15 is 0 Å². The fourth-order valence-corrected chi connectivity index (χ4v) is 3.80. The lowest BCUT2D eigenvalue weighted by atomic mass is 10.2. The second kappa shape index (κ2) is 8.24. The lowest BCUT2D eigenvalue weighted by Crippen LogP contribution is -2.14. The number of anilines is 1. The summed E-state index contributed by atoms with van der Waals surface area (Å²) < 4.78 is 44.1. The number of halogens is 5. The molecule has 1 aromatic carbocycles. The van der Waals surface area contributed by atoms with E-state index in [2.05, 4.69) is 15.3 Å². The van der Waals surface area contributed by atoms with Crippen molar-refractivity contribution in [3.05, 3.63) is 82.2 Å². The molecule has 0 saturated heterocycles. The Hall–Kier alpha value is -3.04. The van der Waals surface area contributed by atoms with Crippen LogP contribution in [0.4, 0.5) is 18.9 Å². The van der Waals surface area contributed by atoms with Crippen molar-refractivity contribution in [3.63, 3.8) is 0 Å². The van der Waals surface area contributed by atoms with Crippen LogP contribution in [0, 0.1) is 0 Å². The van der Waals surface area contributed by atoms with Gasteiger partial charge in [0.05, 0.1) is 33.3 Å². The Morgan fingerprint density at radius 3 is 2.48 bits per heavy atom. The summed E-state index contributed by atoms with van der Waals surface area (Å²) in [6.07, 6.45) is 1.60. The number of nitrogens with zero attached hydrogens (tertiary/aromatic N) is 4. The number of pyridine rings is 1. The zero-order chi connectivity index (χ0) is 22.2. The SMILES string of the molecule is O=C(Nc1cccn2c(CCn3ccnc3)c(C(F)(F)F)nc12)c1c(Cl)cccc1Cl. The van der Waals surface area contributed by atoms with Crippen molar-refractivity contribution in [3.8, 4) is 0 Å². The van der Waals surface area contributed by atoms with Crippen LogP contribution in [0.25, 0.3) is 5.65 Å². The van der Waals surface area contributed by atoms with Gasteiger partial charge >= 0.3 is 6.18 Å². The molecule has 1 N–H and O–H groups in total. The largest absolute Gasteiger partial charge is 0.435 e. The molecule has 0 radical (unpaired) electrons. The molecular weight excluding hydrogens is 454 g/mol. The molecule has 6 nitrogen and oxygen atoms in total. The highest BCUT2D eigenvalue weighted by molar-refractivity contribution is 6.40. The van der Waals surface area contributed by atoms with Crippen molar-refractivity contribution in [2.45, 2.75) is 19.1 Å². The van der Waals surface area contributed by atoms with Gasteiger partial charge in [0.15, 0.2) is 11.3 Å². The van der Waals surface area contributed by atoms with E-state index in [0.29, 0.717) is 0 Å². The predicted molar refractivity (Wildman–Crippen MR) is 111 cm³/mol. The highest BCUT2D eigenvalue weighted by Crippen LogP contribution is 2.34. The first-order valence-electron chi connectivity index (χ1n) is 9.04. The van der Waals surface area contributed by atoms with Crippen LogP contribution in [0.5, 0.6) is 0 Å². The Balaban J connectivity index is 1.75. The number of rotatable bonds is 5. The zero-order valence-electron chi connectivity index (χ0n) is 15.7. The van der Waals surface area contributed by atoms with Crippen LogP contribution >= 0.6 is 23.2 Å². The molecule has 31 heavy (non-hydrogen) atoms. The van der Waals surface area contributed by atoms with Crippen LogP contribution in [0.2, 0.25) is 10.0 Å². The summed E-state index contributed by atoms with van der Waals surface area (Å²) in [5.41, 5.74) is -0.946. The van der Waals surface area contributed by atoms with Crippen LogP contribution in [0.3, 0.4) is 0 Å². The third kappa shape index (κ3) is 4.24. The summed E-state index contributed by atoms with van der Waals surface area (Å²) in [6, 6.07) is 7.56. The molecule has 0 fully saturated rings. The number of hydrogen-bond donors (Lipinski definition) is 1. The third-order valence-corrected chi connectivity index (χ3v) is 5.25. The number of hydrogen-bond acceptors (Lipinski definition) is 3. The van der Waals surface area contributed by atoms with Crippen LogP contribution in [-0.4, -0.2) is 24.8 Å². The standard InChI is InChI=1S/C20H14Cl2F3N5O/c21-12-3-1-4-13(22)16(12)19(31)27-14-5-2-8-30-15(6-9-29-10-7-26-11-29)17(20(23,24)25)28-18(14)30/h1-5,7-8,10-11H,6,9H2,(H,27,31).